The molecule has 0 aliphatic rings. The molecule has 0 spiro atoms. The number of aromatic nitrogens is 2. The van der Waals surface area contributed by atoms with E-state index in [4.69, 9.17) is 6.42 Å². The Morgan fingerprint density at radius 2 is 2.40 bits per heavy atom. The van der Waals surface area contributed by atoms with Gasteiger partial charge in [-0.2, -0.15) is 0 Å². The topological polar surface area (TPSA) is 58.1 Å². The Labute approximate surface area is 121 Å². The van der Waals surface area contributed by atoms with Gasteiger partial charge in [0, 0.05) is 25.0 Å². The summed E-state index contributed by atoms with van der Waals surface area (Å²) >= 11 is 1.44. The summed E-state index contributed by atoms with van der Waals surface area (Å²) in [4.78, 5) is 22.0. The third kappa shape index (κ3) is 2.95. The quantitative estimate of drug-likeness (QED) is 0.881. The van der Waals surface area contributed by atoms with Crippen LogP contribution in [0, 0.1) is 19.3 Å². The molecule has 0 radical (unpaired) electrons. The molecule has 0 atom stereocenters. The Balaban J connectivity index is 2.24. The lowest BCUT2D eigenvalue weighted by Crippen LogP contribution is -2.37. The normalized spacial score (nSPS) is 9.85. The van der Waals surface area contributed by atoms with Crippen molar-refractivity contribution in [3.63, 3.8) is 0 Å². The minimum absolute atomic E-state index is 0.205. The maximum atomic E-state index is 11.9. The maximum absolute atomic E-state index is 11.9. The highest BCUT2D eigenvalue weighted by atomic mass is 32.1. The number of thiazole rings is 1. The Morgan fingerprint density at radius 1 is 1.60 bits per heavy atom. The van der Waals surface area contributed by atoms with Gasteiger partial charge >= 0.3 is 6.03 Å². The average Bonchev–Trinajstić information content (AvgIpc) is 2.87. The number of nitrogens with one attached hydrogen (secondary N) is 1. The largest absolute Gasteiger partial charge is 0.327 e. The molecule has 0 aliphatic heterocycles. The van der Waals surface area contributed by atoms with E-state index in [0.717, 1.165) is 21.3 Å². The van der Waals surface area contributed by atoms with Crippen LogP contribution in [-0.2, 0) is 0 Å². The lowest BCUT2D eigenvalue weighted by Gasteiger charge is -2.15. The van der Waals surface area contributed by atoms with E-state index in [1.807, 2.05) is 19.1 Å². The second-order valence-electron chi connectivity index (χ2n) is 4.07. The fourth-order valence-electron chi connectivity index (χ4n) is 1.65. The zero-order valence-corrected chi connectivity index (χ0v) is 12.1. The average molecular weight is 286 g/mol. The molecule has 102 valence electrons. The molecule has 2 amide bonds. The van der Waals surface area contributed by atoms with Gasteiger partial charge in [-0.3, -0.25) is 9.88 Å². The Morgan fingerprint density at radius 3 is 3.05 bits per heavy atom. The van der Waals surface area contributed by atoms with E-state index in [2.05, 4.69) is 21.2 Å². The molecule has 2 aromatic rings. The van der Waals surface area contributed by atoms with Crippen LogP contribution in [0.15, 0.2) is 24.5 Å². The Kier molecular flexibility index (Phi) is 4.33. The van der Waals surface area contributed by atoms with Crippen LogP contribution in [0.1, 0.15) is 5.69 Å². The SMILES string of the molecule is C#CCNC(=O)N(C)c1sc(-c2cccnc2)nc1C. The Hall–Kier alpha value is -2.39. The molecule has 6 heteroatoms. The van der Waals surface area contributed by atoms with Gasteiger partial charge in [0.25, 0.3) is 0 Å². The number of nitrogens with zero attached hydrogens (tertiary/aromatic N) is 3. The summed E-state index contributed by atoms with van der Waals surface area (Å²) in [5.41, 5.74) is 1.73. The van der Waals surface area contributed by atoms with Crippen LogP contribution in [0.2, 0.25) is 0 Å². The predicted molar refractivity (Wildman–Crippen MR) is 80.7 cm³/mol. The number of carbonyl (C=O) groups is 1. The highest BCUT2D eigenvalue weighted by Gasteiger charge is 2.17. The first-order chi connectivity index (χ1) is 9.63. The number of anilines is 1. The minimum Gasteiger partial charge on any atom is -0.327 e. The lowest BCUT2D eigenvalue weighted by atomic mass is 10.3. The van der Waals surface area contributed by atoms with Crippen LogP contribution in [0.3, 0.4) is 0 Å². The third-order valence-electron chi connectivity index (χ3n) is 2.63. The van der Waals surface area contributed by atoms with Crippen molar-refractivity contribution >= 4 is 22.4 Å². The number of urea groups is 1. The maximum Gasteiger partial charge on any atom is 0.323 e. The van der Waals surface area contributed by atoms with Crippen LogP contribution in [0.25, 0.3) is 10.6 Å². The first-order valence-electron chi connectivity index (χ1n) is 5.96. The van der Waals surface area contributed by atoms with Crippen molar-refractivity contribution in [3.8, 4) is 22.9 Å². The molecular weight excluding hydrogens is 272 g/mol. The monoisotopic (exact) mass is 286 g/mol. The molecule has 2 rings (SSSR count). The van der Waals surface area contributed by atoms with E-state index in [1.54, 1.807) is 19.4 Å². The van der Waals surface area contributed by atoms with Gasteiger partial charge in [-0.05, 0) is 19.1 Å². The predicted octanol–water partition coefficient (Wildman–Crippen LogP) is 2.29. The molecule has 5 nitrogen and oxygen atoms in total. The fourth-order valence-corrected chi connectivity index (χ4v) is 2.67. The molecule has 2 aromatic heterocycles. The molecule has 2 heterocycles. The number of carbonyl (C=O) groups excluding carboxylic acids is 1. The molecule has 0 aliphatic carbocycles. The van der Waals surface area contributed by atoms with Crippen molar-refractivity contribution in [2.45, 2.75) is 6.92 Å². The van der Waals surface area contributed by atoms with E-state index in [9.17, 15) is 4.79 Å². The second kappa shape index (κ2) is 6.17. The lowest BCUT2D eigenvalue weighted by molar-refractivity contribution is 0.248. The summed E-state index contributed by atoms with van der Waals surface area (Å²) in [5.74, 6) is 2.37. The zero-order chi connectivity index (χ0) is 14.5. The molecule has 0 aromatic carbocycles. The minimum atomic E-state index is -0.243. The number of terminal acetylenes is 1. The molecule has 0 saturated heterocycles. The third-order valence-corrected chi connectivity index (χ3v) is 3.91. The number of rotatable bonds is 3. The fraction of sp³-hybridized carbons (Fsp3) is 0.214. The van der Waals surface area contributed by atoms with E-state index >= 15 is 0 Å². The van der Waals surface area contributed by atoms with Gasteiger partial charge in [-0.25, -0.2) is 9.78 Å². The van der Waals surface area contributed by atoms with Gasteiger partial charge in [0.15, 0.2) is 0 Å². The molecule has 1 N–H and O–H groups in total. The molecular formula is C14H14N4OS. The van der Waals surface area contributed by atoms with Gasteiger partial charge in [-0.15, -0.1) is 6.42 Å². The van der Waals surface area contributed by atoms with Crippen molar-refractivity contribution in [2.75, 3.05) is 18.5 Å². The summed E-state index contributed by atoms with van der Waals surface area (Å²) in [6, 6.07) is 3.55. The highest BCUT2D eigenvalue weighted by molar-refractivity contribution is 7.19. The summed E-state index contributed by atoms with van der Waals surface area (Å²) < 4.78 is 0. The van der Waals surface area contributed by atoms with Gasteiger partial charge < -0.3 is 5.32 Å². The van der Waals surface area contributed by atoms with Gasteiger partial charge in [-0.1, -0.05) is 17.3 Å². The molecule has 20 heavy (non-hydrogen) atoms. The first-order valence-corrected chi connectivity index (χ1v) is 6.78. The van der Waals surface area contributed by atoms with Crippen LogP contribution in [-0.4, -0.2) is 29.6 Å². The van der Waals surface area contributed by atoms with Crippen molar-refractivity contribution in [1.82, 2.24) is 15.3 Å². The zero-order valence-electron chi connectivity index (χ0n) is 11.3. The second-order valence-corrected chi connectivity index (χ2v) is 5.05. The van der Waals surface area contributed by atoms with Crippen LogP contribution >= 0.6 is 11.3 Å². The number of aryl methyl sites for hydroxylation is 1. The standard InChI is InChI=1S/C14H14N4OS/c1-4-7-16-14(19)18(3)13-10(2)17-12(20-13)11-6-5-8-15-9-11/h1,5-6,8-9H,7H2,2-3H3,(H,16,19). The molecule has 0 bridgehead atoms. The number of hydrogen-bond acceptors (Lipinski definition) is 4. The number of pyridine rings is 1. The first kappa shape index (κ1) is 14.0. The van der Waals surface area contributed by atoms with Gasteiger partial charge in [0.1, 0.15) is 10.0 Å². The van der Waals surface area contributed by atoms with Crippen molar-refractivity contribution < 1.29 is 4.79 Å². The van der Waals surface area contributed by atoms with Crippen molar-refractivity contribution in [2.24, 2.45) is 0 Å². The smallest absolute Gasteiger partial charge is 0.323 e. The number of amides is 2. The summed E-state index contributed by atoms with van der Waals surface area (Å²) in [6.07, 6.45) is 8.59. The van der Waals surface area contributed by atoms with E-state index in [-0.39, 0.29) is 12.6 Å². The van der Waals surface area contributed by atoms with Gasteiger partial charge in [0.05, 0.1) is 12.2 Å². The van der Waals surface area contributed by atoms with E-state index in [0.29, 0.717) is 0 Å². The van der Waals surface area contributed by atoms with Crippen LogP contribution in [0.4, 0.5) is 9.80 Å². The van der Waals surface area contributed by atoms with E-state index in [1.165, 1.54) is 16.2 Å². The summed E-state index contributed by atoms with van der Waals surface area (Å²) in [7, 11) is 1.69. The Bertz CT molecular complexity index is 645. The van der Waals surface area contributed by atoms with Crippen LogP contribution < -0.4 is 10.2 Å². The number of hydrogen-bond donors (Lipinski definition) is 1. The van der Waals surface area contributed by atoms with Crippen LogP contribution in [0.5, 0.6) is 0 Å². The van der Waals surface area contributed by atoms with E-state index < -0.39 is 0 Å². The molecule has 0 fully saturated rings. The van der Waals surface area contributed by atoms with Crippen molar-refractivity contribution in [3.05, 3.63) is 30.2 Å². The summed E-state index contributed by atoms with van der Waals surface area (Å²) in [5, 5.41) is 4.25. The molecule has 0 saturated carbocycles. The van der Waals surface area contributed by atoms with Crippen molar-refractivity contribution in [1.29, 1.82) is 0 Å². The van der Waals surface area contributed by atoms with Gasteiger partial charge in [0.2, 0.25) is 0 Å². The highest BCUT2D eigenvalue weighted by Crippen LogP contribution is 2.33. The summed E-state index contributed by atoms with van der Waals surface area (Å²) in [6.45, 7) is 2.08. The molecule has 0 unspecified atom stereocenters.